The SMILES string of the molecule is CCCCN1C(=O)NC(c2ccc(C)c(C)c2)C(c2nc(-c3ccccc3)no2)=C1C. The van der Waals surface area contributed by atoms with Crippen molar-refractivity contribution < 1.29 is 9.32 Å². The van der Waals surface area contributed by atoms with Crippen LogP contribution in [0.25, 0.3) is 17.0 Å². The molecule has 0 saturated carbocycles. The summed E-state index contributed by atoms with van der Waals surface area (Å²) in [7, 11) is 0. The second-order valence-electron chi connectivity index (χ2n) is 8.02. The number of hydrogen-bond acceptors (Lipinski definition) is 4. The molecule has 2 heterocycles. The van der Waals surface area contributed by atoms with Gasteiger partial charge in [0.1, 0.15) is 0 Å². The number of carbonyl (C=O) groups excluding carboxylic acids is 1. The Labute approximate surface area is 183 Å². The van der Waals surface area contributed by atoms with Gasteiger partial charge < -0.3 is 9.84 Å². The third kappa shape index (κ3) is 4.10. The maximum Gasteiger partial charge on any atom is 0.322 e. The molecule has 1 unspecified atom stereocenters. The van der Waals surface area contributed by atoms with E-state index in [1.54, 1.807) is 4.90 Å². The third-order valence-corrected chi connectivity index (χ3v) is 5.88. The smallest absolute Gasteiger partial charge is 0.322 e. The van der Waals surface area contributed by atoms with Crippen molar-refractivity contribution in [3.05, 3.63) is 76.8 Å². The average molecular weight is 417 g/mol. The van der Waals surface area contributed by atoms with Crippen LogP contribution in [0.3, 0.4) is 0 Å². The van der Waals surface area contributed by atoms with Gasteiger partial charge in [-0.05, 0) is 43.9 Å². The van der Waals surface area contributed by atoms with Crippen molar-refractivity contribution in [2.75, 3.05) is 6.54 Å². The van der Waals surface area contributed by atoms with Gasteiger partial charge in [-0.1, -0.05) is 67.0 Å². The summed E-state index contributed by atoms with van der Waals surface area (Å²) < 4.78 is 5.73. The van der Waals surface area contributed by atoms with Crippen molar-refractivity contribution in [3.63, 3.8) is 0 Å². The standard InChI is InChI=1S/C25H28N4O2/c1-5-6-14-29-18(4)21(24-27-23(28-31-24)19-10-8-7-9-11-19)22(26-25(29)30)20-13-12-16(2)17(3)15-20/h7-13,15,22H,5-6,14H2,1-4H3,(H,26,30). The van der Waals surface area contributed by atoms with Crippen LogP contribution in [0.15, 0.2) is 58.8 Å². The molecule has 0 aliphatic carbocycles. The van der Waals surface area contributed by atoms with E-state index in [-0.39, 0.29) is 12.1 Å². The minimum Gasteiger partial charge on any atom is -0.334 e. The third-order valence-electron chi connectivity index (χ3n) is 5.88. The van der Waals surface area contributed by atoms with Crippen LogP contribution in [0.5, 0.6) is 0 Å². The summed E-state index contributed by atoms with van der Waals surface area (Å²) in [5, 5.41) is 7.38. The van der Waals surface area contributed by atoms with Gasteiger partial charge in [0.15, 0.2) is 0 Å². The van der Waals surface area contributed by atoms with Gasteiger partial charge in [0.05, 0.1) is 11.6 Å². The van der Waals surface area contributed by atoms with E-state index >= 15 is 0 Å². The Morgan fingerprint density at radius 1 is 1.06 bits per heavy atom. The van der Waals surface area contributed by atoms with Crippen LogP contribution >= 0.6 is 0 Å². The first-order valence-electron chi connectivity index (χ1n) is 10.7. The lowest BCUT2D eigenvalue weighted by Gasteiger charge is -2.35. The molecule has 1 N–H and O–H groups in total. The van der Waals surface area contributed by atoms with E-state index in [2.05, 4.69) is 49.4 Å². The number of benzene rings is 2. The van der Waals surface area contributed by atoms with E-state index in [0.29, 0.717) is 18.3 Å². The van der Waals surface area contributed by atoms with Gasteiger partial charge in [-0.25, -0.2) is 4.79 Å². The molecule has 6 heteroatoms. The summed E-state index contributed by atoms with van der Waals surface area (Å²) in [6.07, 6.45) is 1.93. The van der Waals surface area contributed by atoms with E-state index in [9.17, 15) is 4.79 Å². The zero-order valence-corrected chi connectivity index (χ0v) is 18.5. The number of aromatic nitrogens is 2. The highest BCUT2D eigenvalue weighted by Crippen LogP contribution is 2.37. The number of carbonyl (C=O) groups is 1. The van der Waals surface area contributed by atoms with Gasteiger partial charge in [0, 0.05) is 17.8 Å². The fourth-order valence-corrected chi connectivity index (χ4v) is 3.88. The minimum atomic E-state index is -0.353. The normalized spacial score (nSPS) is 16.6. The van der Waals surface area contributed by atoms with Crippen molar-refractivity contribution in [2.24, 2.45) is 0 Å². The van der Waals surface area contributed by atoms with Crippen LogP contribution < -0.4 is 5.32 Å². The molecule has 1 aliphatic rings. The molecule has 0 bridgehead atoms. The Morgan fingerprint density at radius 3 is 2.55 bits per heavy atom. The molecule has 6 nitrogen and oxygen atoms in total. The number of urea groups is 1. The second-order valence-corrected chi connectivity index (χ2v) is 8.02. The first-order valence-corrected chi connectivity index (χ1v) is 10.7. The van der Waals surface area contributed by atoms with Gasteiger partial charge in [-0.3, -0.25) is 4.90 Å². The van der Waals surface area contributed by atoms with Gasteiger partial charge in [0.25, 0.3) is 5.89 Å². The van der Waals surface area contributed by atoms with Gasteiger partial charge >= 0.3 is 6.03 Å². The number of allylic oxidation sites excluding steroid dienone is 1. The largest absolute Gasteiger partial charge is 0.334 e. The molecule has 0 fully saturated rings. The highest BCUT2D eigenvalue weighted by molar-refractivity contribution is 5.86. The summed E-state index contributed by atoms with van der Waals surface area (Å²) in [5.74, 6) is 0.966. The van der Waals surface area contributed by atoms with Crippen molar-refractivity contribution in [1.82, 2.24) is 20.4 Å². The fraction of sp³-hybridized carbons (Fsp3) is 0.320. The molecular formula is C25H28N4O2. The van der Waals surface area contributed by atoms with Crippen LogP contribution in [0.2, 0.25) is 0 Å². The molecule has 1 aliphatic heterocycles. The molecular weight excluding hydrogens is 388 g/mol. The van der Waals surface area contributed by atoms with E-state index in [0.717, 1.165) is 35.2 Å². The molecule has 4 rings (SSSR count). The summed E-state index contributed by atoms with van der Waals surface area (Å²) in [5.41, 5.74) is 5.97. The Hall–Kier alpha value is -3.41. The maximum atomic E-state index is 13.0. The molecule has 0 spiro atoms. The van der Waals surface area contributed by atoms with E-state index in [4.69, 9.17) is 9.51 Å². The monoisotopic (exact) mass is 416 g/mol. The fourth-order valence-electron chi connectivity index (χ4n) is 3.88. The topological polar surface area (TPSA) is 71.3 Å². The Morgan fingerprint density at radius 2 is 1.84 bits per heavy atom. The zero-order valence-electron chi connectivity index (χ0n) is 18.5. The summed E-state index contributed by atoms with van der Waals surface area (Å²) >= 11 is 0. The molecule has 160 valence electrons. The highest BCUT2D eigenvalue weighted by atomic mass is 16.5. The van der Waals surface area contributed by atoms with E-state index < -0.39 is 0 Å². The number of aryl methyl sites for hydroxylation is 2. The second kappa shape index (κ2) is 8.76. The van der Waals surface area contributed by atoms with E-state index in [1.807, 2.05) is 37.3 Å². The van der Waals surface area contributed by atoms with Crippen LogP contribution in [-0.4, -0.2) is 27.6 Å². The van der Waals surface area contributed by atoms with Gasteiger partial charge in [0.2, 0.25) is 5.82 Å². The quantitative estimate of drug-likeness (QED) is 0.563. The number of hydrogen-bond donors (Lipinski definition) is 1. The maximum absolute atomic E-state index is 13.0. The van der Waals surface area contributed by atoms with E-state index in [1.165, 1.54) is 11.1 Å². The Balaban J connectivity index is 1.81. The summed E-state index contributed by atoms with van der Waals surface area (Å²) in [6, 6.07) is 15.5. The number of amides is 2. The van der Waals surface area contributed by atoms with Crippen LogP contribution in [0.1, 0.15) is 55.3 Å². The lowest BCUT2D eigenvalue weighted by Crippen LogP contribution is -2.46. The first kappa shape index (κ1) is 20.8. The van der Waals surface area contributed by atoms with Crippen LogP contribution in [0.4, 0.5) is 4.79 Å². The molecule has 3 aromatic rings. The Bertz CT molecular complexity index is 1120. The lowest BCUT2D eigenvalue weighted by molar-refractivity contribution is 0.204. The van der Waals surface area contributed by atoms with Crippen LogP contribution in [0, 0.1) is 13.8 Å². The molecule has 0 radical (unpaired) electrons. The van der Waals surface area contributed by atoms with Crippen molar-refractivity contribution in [2.45, 2.75) is 46.6 Å². The predicted octanol–water partition coefficient (Wildman–Crippen LogP) is 5.65. The summed E-state index contributed by atoms with van der Waals surface area (Å²) in [6.45, 7) is 8.88. The molecule has 1 aromatic heterocycles. The highest BCUT2D eigenvalue weighted by Gasteiger charge is 2.35. The van der Waals surface area contributed by atoms with Gasteiger partial charge in [-0.2, -0.15) is 4.98 Å². The molecule has 31 heavy (non-hydrogen) atoms. The number of rotatable bonds is 6. The van der Waals surface area contributed by atoms with Crippen molar-refractivity contribution >= 4 is 11.6 Å². The number of unbranched alkanes of at least 4 members (excludes halogenated alkanes) is 1. The number of nitrogens with zero attached hydrogens (tertiary/aromatic N) is 3. The average Bonchev–Trinajstić information content (AvgIpc) is 3.25. The zero-order chi connectivity index (χ0) is 22.0. The van der Waals surface area contributed by atoms with Crippen molar-refractivity contribution in [3.8, 4) is 11.4 Å². The molecule has 1 atom stereocenters. The number of nitrogens with one attached hydrogen (secondary N) is 1. The molecule has 0 saturated heterocycles. The summed E-state index contributed by atoms with van der Waals surface area (Å²) in [4.78, 5) is 19.4. The molecule has 2 aromatic carbocycles. The van der Waals surface area contributed by atoms with Crippen molar-refractivity contribution in [1.29, 1.82) is 0 Å². The predicted molar refractivity (Wildman–Crippen MR) is 121 cm³/mol. The van der Waals surface area contributed by atoms with Crippen LogP contribution in [-0.2, 0) is 0 Å². The van der Waals surface area contributed by atoms with Gasteiger partial charge in [-0.15, -0.1) is 0 Å². The lowest BCUT2D eigenvalue weighted by atomic mass is 9.92. The first-order chi connectivity index (χ1) is 15.0. The Kier molecular flexibility index (Phi) is 5.89. The minimum absolute atomic E-state index is 0.0965. The molecule has 2 amide bonds.